The molecule has 0 aliphatic heterocycles. The van der Waals surface area contributed by atoms with Crippen LogP contribution in [0.15, 0.2) is 30.6 Å². The number of aryl methyl sites for hydroxylation is 1. The predicted octanol–water partition coefficient (Wildman–Crippen LogP) is 4.10. The predicted molar refractivity (Wildman–Crippen MR) is 88.5 cm³/mol. The molecular weight excluding hydrogens is 291 g/mol. The number of nitrogens with zero attached hydrogens (tertiary/aromatic N) is 1. The molecule has 1 aliphatic carbocycles. The summed E-state index contributed by atoms with van der Waals surface area (Å²) in [7, 11) is 0. The number of aromatic nitrogens is 1. The SMILES string of the molecule is CCC(=O)N[C@@H]1CCCc2c(-c3ccc(F)c(C)c3)cncc21. The summed E-state index contributed by atoms with van der Waals surface area (Å²) >= 11 is 0. The van der Waals surface area contributed by atoms with Crippen molar-refractivity contribution in [3.05, 3.63) is 53.1 Å². The van der Waals surface area contributed by atoms with Gasteiger partial charge in [0.15, 0.2) is 0 Å². The van der Waals surface area contributed by atoms with Gasteiger partial charge in [0.1, 0.15) is 5.82 Å². The molecule has 0 spiro atoms. The number of hydrogen-bond acceptors (Lipinski definition) is 2. The fourth-order valence-electron chi connectivity index (χ4n) is 3.23. The first-order valence-electron chi connectivity index (χ1n) is 8.12. The monoisotopic (exact) mass is 312 g/mol. The second-order valence-electron chi connectivity index (χ2n) is 6.08. The van der Waals surface area contributed by atoms with Gasteiger partial charge in [0.2, 0.25) is 5.91 Å². The Kier molecular flexibility index (Phi) is 4.42. The van der Waals surface area contributed by atoms with Gasteiger partial charge in [-0.1, -0.05) is 13.0 Å². The molecule has 1 aromatic heterocycles. The van der Waals surface area contributed by atoms with Crippen molar-refractivity contribution in [1.82, 2.24) is 10.3 Å². The van der Waals surface area contributed by atoms with E-state index in [1.165, 1.54) is 11.6 Å². The average molecular weight is 312 g/mol. The number of halogens is 1. The molecule has 0 fully saturated rings. The third-order valence-corrected chi connectivity index (χ3v) is 4.51. The number of carbonyl (C=O) groups is 1. The fraction of sp³-hybridized carbons (Fsp3) is 0.368. The fourth-order valence-corrected chi connectivity index (χ4v) is 3.23. The number of fused-ring (bicyclic) bond motifs is 1. The lowest BCUT2D eigenvalue weighted by molar-refractivity contribution is -0.121. The first kappa shape index (κ1) is 15.7. The molecule has 0 bridgehead atoms. The van der Waals surface area contributed by atoms with Crippen molar-refractivity contribution in [2.24, 2.45) is 0 Å². The molecule has 120 valence electrons. The molecule has 1 amide bonds. The van der Waals surface area contributed by atoms with Crippen LogP contribution in [0.1, 0.15) is 48.9 Å². The van der Waals surface area contributed by atoms with Gasteiger partial charge in [-0.3, -0.25) is 9.78 Å². The van der Waals surface area contributed by atoms with Crippen LogP contribution in [0.2, 0.25) is 0 Å². The van der Waals surface area contributed by atoms with E-state index >= 15 is 0 Å². The summed E-state index contributed by atoms with van der Waals surface area (Å²) < 4.78 is 13.5. The number of hydrogen-bond donors (Lipinski definition) is 1. The first-order chi connectivity index (χ1) is 11.1. The van der Waals surface area contributed by atoms with Crippen LogP contribution in [-0.2, 0) is 11.2 Å². The van der Waals surface area contributed by atoms with Gasteiger partial charge in [0, 0.05) is 24.4 Å². The van der Waals surface area contributed by atoms with Crippen LogP contribution in [0.4, 0.5) is 4.39 Å². The van der Waals surface area contributed by atoms with Crippen LogP contribution in [0.3, 0.4) is 0 Å². The lowest BCUT2D eigenvalue weighted by Crippen LogP contribution is -2.30. The molecule has 1 N–H and O–H groups in total. The molecule has 1 heterocycles. The molecule has 1 aliphatic rings. The summed E-state index contributed by atoms with van der Waals surface area (Å²) in [6, 6.07) is 5.19. The van der Waals surface area contributed by atoms with Gasteiger partial charge in [-0.15, -0.1) is 0 Å². The van der Waals surface area contributed by atoms with Crippen LogP contribution in [0, 0.1) is 12.7 Å². The Labute approximate surface area is 135 Å². The molecule has 0 radical (unpaired) electrons. The van der Waals surface area contributed by atoms with E-state index in [0.29, 0.717) is 12.0 Å². The van der Waals surface area contributed by atoms with Gasteiger partial charge in [-0.05, 0) is 60.6 Å². The Morgan fingerprint density at radius 1 is 1.39 bits per heavy atom. The van der Waals surface area contributed by atoms with Crippen LogP contribution >= 0.6 is 0 Å². The lowest BCUT2D eigenvalue weighted by Gasteiger charge is -2.27. The van der Waals surface area contributed by atoms with Crippen molar-refractivity contribution in [2.45, 2.75) is 45.6 Å². The standard InChI is InChI=1S/C19H21FN2O/c1-3-19(23)22-18-6-4-5-14-15(10-21-11-16(14)18)13-7-8-17(20)12(2)9-13/h7-11,18H,3-6H2,1-2H3,(H,22,23)/t18-/m1/s1. The molecule has 3 nitrogen and oxygen atoms in total. The average Bonchev–Trinajstić information content (AvgIpc) is 2.57. The van der Waals surface area contributed by atoms with Gasteiger partial charge >= 0.3 is 0 Å². The smallest absolute Gasteiger partial charge is 0.220 e. The minimum atomic E-state index is -0.195. The maximum Gasteiger partial charge on any atom is 0.220 e. The molecule has 4 heteroatoms. The van der Waals surface area contributed by atoms with Gasteiger partial charge in [0.05, 0.1) is 6.04 Å². The lowest BCUT2D eigenvalue weighted by atomic mass is 9.84. The van der Waals surface area contributed by atoms with Crippen LogP contribution in [0.25, 0.3) is 11.1 Å². The van der Waals surface area contributed by atoms with E-state index in [1.807, 2.05) is 25.4 Å². The number of nitrogens with one attached hydrogen (secondary N) is 1. The van der Waals surface area contributed by atoms with E-state index in [2.05, 4.69) is 10.3 Å². The summed E-state index contributed by atoms with van der Waals surface area (Å²) in [5, 5.41) is 3.08. The summed E-state index contributed by atoms with van der Waals surface area (Å²) in [5.74, 6) is -0.134. The molecule has 3 rings (SSSR count). The Morgan fingerprint density at radius 3 is 2.96 bits per heavy atom. The minimum absolute atomic E-state index is 0.0280. The third-order valence-electron chi connectivity index (χ3n) is 4.51. The second kappa shape index (κ2) is 6.49. The Morgan fingerprint density at radius 2 is 2.22 bits per heavy atom. The molecule has 23 heavy (non-hydrogen) atoms. The zero-order chi connectivity index (χ0) is 16.4. The first-order valence-corrected chi connectivity index (χ1v) is 8.12. The number of carbonyl (C=O) groups excluding carboxylic acids is 1. The minimum Gasteiger partial charge on any atom is -0.349 e. The van der Waals surface area contributed by atoms with E-state index in [4.69, 9.17) is 0 Å². The van der Waals surface area contributed by atoms with Gasteiger partial charge in [-0.25, -0.2) is 4.39 Å². The van der Waals surface area contributed by atoms with Crippen molar-refractivity contribution in [3.8, 4) is 11.1 Å². The Hall–Kier alpha value is -2.23. The highest BCUT2D eigenvalue weighted by molar-refractivity contribution is 5.76. The number of benzene rings is 1. The maximum absolute atomic E-state index is 13.5. The Bertz CT molecular complexity index is 742. The molecule has 1 atom stereocenters. The highest BCUT2D eigenvalue weighted by Gasteiger charge is 2.24. The maximum atomic E-state index is 13.5. The van der Waals surface area contributed by atoms with Gasteiger partial charge in [0.25, 0.3) is 0 Å². The highest BCUT2D eigenvalue weighted by Crippen LogP contribution is 2.36. The van der Waals surface area contributed by atoms with Crippen LogP contribution < -0.4 is 5.32 Å². The topological polar surface area (TPSA) is 42.0 Å². The van der Waals surface area contributed by atoms with Crippen LogP contribution in [-0.4, -0.2) is 10.9 Å². The largest absolute Gasteiger partial charge is 0.349 e. The zero-order valence-corrected chi connectivity index (χ0v) is 13.5. The van der Waals surface area contributed by atoms with E-state index in [9.17, 15) is 9.18 Å². The molecule has 0 saturated heterocycles. The third kappa shape index (κ3) is 3.11. The molecular formula is C19H21FN2O. The molecule has 0 saturated carbocycles. The van der Waals surface area contributed by atoms with E-state index in [-0.39, 0.29) is 17.8 Å². The van der Waals surface area contributed by atoms with E-state index in [0.717, 1.165) is 36.0 Å². The van der Waals surface area contributed by atoms with E-state index < -0.39 is 0 Å². The number of amides is 1. The quantitative estimate of drug-likeness (QED) is 0.927. The van der Waals surface area contributed by atoms with Gasteiger partial charge < -0.3 is 5.32 Å². The summed E-state index contributed by atoms with van der Waals surface area (Å²) in [6.07, 6.45) is 7.11. The summed E-state index contributed by atoms with van der Waals surface area (Å²) in [4.78, 5) is 16.1. The van der Waals surface area contributed by atoms with Crippen molar-refractivity contribution >= 4 is 5.91 Å². The normalized spacial score (nSPS) is 16.7. The van der Waals surface area contributed by atoms with Gasteiger partial charge in [-0.2, -0.15) is 0 Å². The van der Waals surface area contributed by atoms with Crippen molar-refractivity contribution in [2.75, 3.05) is 0 Å². The summed E-state index contributed by atoms with van der Waals surface area (Å²) in [5.41, 5.74) is 4.97. The van der Waals surface area contributed by atoms with Crippen molar-refractivity contribution in [3.63, 3.8) is 0 Å². The summed E-state index contributed by atoms with van der Waals surface area (Å²) in [6.45, 7) is 3.63. The highest BCUT2D eigenvalue weighted by atomic mass is 19.1. The molecule has 1 aromatic carbocycles. The zero-order valence-electron chi connectivity index (χ0n) is 13.5. The van der Waals surface area contributed by atoms with Crippen molar-refractivity contribution in [1.29, 1.82) is 0 Å². The molecule has 2 aromatic rings. The Balaban J connectivity index is 2.02. The number of rotatable bonds is 3. The van der Waals surface area contributed by atoms with Crippen LogP contribution in [0.5, 0.6) is 0 Å². The molecule has 0 unspecified atom stereocenters. The van der Waals surface area contributed by atoms with Crippen molar-refractivity contribution < 1.29 is 9.18 Å². The second-order valence-corrected chi connectivity index (χ2v) is 6.08. The van der Waals surface area contributed by atoms with E-state index in [1.54, 1.807) is 13.0 Å². The number of pyridine rings is 1.